The molecule has 3 fully saturated rings. The maximum atomic E-state index is 12.4. The minimum atomic E-state index is -0.368. The Morgan fingerprint density at radius 2 is 2.06 bits per heavy atom. The Kier molecular flexibility index (Phi) is 2.59. The summed E-state index contributed by atoms with van der Waals surface area (Å²) in [4.78, 5) is 14.2. The summed E-state index contributed by atoms with van der Waals surface area (Å²) in [6.07, 6.45) is 6.49. The van der Waals surface area contributed by atoms with Crippen molar-refractivity contribution in [1.82, 2.24) is 4.90 Å². The molecule has 2 aliphatic carbocycles. The molecule has 1 heterocycles. The fraction of sp³-hybridized carbons (Fsp3) is 0.846. The van der Waals surface area contributed by atoms with Crippen molar-refractivity contribution in [2.75, 3.05) is 0 Å². The lowest BCUT2D eigenvalue weighted by Gasteiger charge is -2.28. The van der Waals surface area contributed by atoms with E-state index in [2.05, 4.69) is 6.07 Å². The molecule has 0 aromatic carbocycles. The van der Waals surface area contributed by atoms with Crippen molar-refractivity contribution in [2.24, 2.45) is 17.6 Å². The summed E-state index contributed by atoms with van der Waals surface area (Å²) in [7, 11) is 0. The van der Waals surface area contributed by atoms with Gasteiger partial charge in [0, 0.05) is 6.04 Å². The Morgan fingerprint density at radius 1 is 1.35 bits per heavy atom. The molecule has 4 atom stereocenters. The number of carbonyl (C=O) groups excluding carboxylic acids is 1. The first-order chi connectivity index (χ1) is 8.22. The summed E-state index contributed by atoms with van der Waals surface area (Å²) in [6.45, 7) is 0. The highest BCUT2D eigenvalue weighted by molar-refractivity contribution is 5.83. The highest BCUT2D eigenvalue weighted by Gasteiger charge is 2.55. The second-order valence-electron chi connectivity index (χ2n) is 5.76. The van der Waals surface area contributed by atoms with Crippen molar-refractivity contribution in [2.45, 2.75) is 56.7 Å². The largest absolute Gasteiger partial charge is 0.322 e. The van der Waals surface area contributed by atoms with Gasteiger partial charge in [0.05, 0.1) is 12.1 Å². The molecule has 0 aromatic heterocycles. The van der Waals surface area contributed by atoms with Crippen LogP contribution in [0.4, 0.5) is 0 Å². The Hall–Kier alpha value is -1.08. The van der Waals surface area contributed by atoms with E-state index in [0.717, 1.165) is 25.7 Å². The topological polar surface area (TPSA) is 70.1 Å². The number of piperidine rings is 1. The van der Waals surface area contributed by atoms with Gasteiger partial charge in [0.25, 0.3) is 0 Å². The van der Waals surface area contributed by atoms with Crippen LogP contribution >= 0.6 is 0 Å². The summed E-state index contributed by atoms with van der Waals surface area (Å²) >= 11 is 0. The molecule has 2 saturated carbocycles. The van der Waals surface area contributed by atoms with Crippen LogP contribution in [0.1, 0.15) is 38.5 Å². The van der Waals surface area contributed by atoms with Crippen molar-refractivity contribution < 1.29 is 4.79 Å². The van der Waals surface area contributed by atoms with Gasteiger partial charge in [-0.3, -0.25) is 4.79 Å². The van der Waals surface area contributed by atoms with Gasteiger partial charge in [0.15, 0.2) is 0 Å². The zero-order chi connectivity index (χ0) is 12.0. The number of nitriles is 1. The Morgan fingerprint density at radius 3 is 2.71 bits per heavy atom. The molecule has 1 amide bonds. The molecule has 17 heavy (non-hydrogen) atoms. The van der Waals surface area contributed by atoms with E-state index in [9.17, 15) is 4.79 Å². The number of likely N-dealkylation sites (tertiary alicyclic amines) is 1. The van der Waals surface area contributed by atoms with E-state index in [-0.39, 0.29) is 18.0 Å². The molecule has 0 bridgehead atoms. The molecule has 92 valence electrons. The van der Waals surface area contributed by atoms with Gasteiger partial charge in [-0.25, -0.2) is 0 Å². The zero-order valence-electron chi connectivity index (χ0n) is 10.0. The van der Waals surface area contributed by atoms with E-state index < -0.39 is 0 Å². The predicted octanol–water partition coefficient (Wildman–Crippen LogP) is 1.02. The number of rotatable bonds is 2. The third kappa shape index (κ3) is 1.73. The van der Waals surface area contributed by atoms with Crippen LogP contribution in [0, 0.1) is 23.2 Å². The molecular formula is C13H19N3O. The van der Waals surface area contributed by atoms with Gasteiger partial charge in [-0.2, -0.15) is 5.26 Å². The lowest BCUT2D eigenvalue weighted by molar-refractivity contribution is -0.134. The van der Waals surface area contributed by atoms with Crippen LogP contribution in [0.25, 0.3) is 0 Å². The lowest BCUT2D eigenvalue weighted by Crippen LogP contribution is -2.50. The standard InChI is InChI=1S/C13H19N3O/c14-7-10-5-9-6-11(9)16(10)13(17)12(15)8-3-1-2-4-8/h8-12H,1-6,15H2/t9-,10+,11+,12+/m1/s1. The van der Waals surface area contributed by atoms with Gasteiger partial charge >= 0.3 is 0 Å². The minimum absolute atomic E-state index is 0.0356. The van der Waals surface area contributed by atoms with Crippen LogP contribution in [0.3, 0.4) is 0 Å². The molecule has 4 heteroatoms. The van der Waals surface area contributed by atoms with E-state index in [1.807, 2.05) is 0 Å². The predicted molar refractivity (Wildman–Crippen MR) is 62.7 cm³/mol. The number of nitrogens with zero attached hydrogens (tertiary/aromatic N) is 2. The number of fused-ring (bicyclic) bond motifs is 1. The minimum Gasteiger partial charge on any atom is -0.322 e. The Labute approximate surface area is 102 Å². The van der Waals surface area contributed by atoms with Crippen molar-refractivity contribution >= 4 is 5.91 Å². The summed E-state index contributed by atoms with van der Waals surface area (Å²) < 4.78 is 0. The third-order valence-electron chi connectivity index (χ3n) is 4.70. The summed E-state index contributed by atoms with van der Waals surface area (Å²) in [5, 5.41) is 9.09. The fourth-order valence-electron chi connectivity index (χ4n) is 3.58. The van der Waals surface area contributed by atoms with Crippen molar-refractivity contribution in [3.8, 4) is 6.07 Å². The summed E-state index contributed by atoms with van der Waals surface area (Å²) in [5.41, 5.74) is 6.10. The number of amides is 1. The molecule has 0 unspecified atom stereocenters. The zero-order valence-corrected chi connectivity index (χ0v) is 10.0. The van der Waals surface area contributed by atoms with Crippen molar-refractivity contribution in [3.63, 3.8) is 0 Å². The smallest absolute Gasteiger partial charge is 0.241 e. The van der Waals surface area contributed by atoms with Crippen molar-refractivity contribution in [3.05, 3.63) is 0 Å². The SMILES string of the molecule is N#C[C@@H]1C[C@@H]2C[C@@H]2N1C(=O)[C@@H](N)C1CCCC1. The number of hydrogen-bond donors (Lipinski definition) is 1. The second-order valence-corrected chi connectivity index (χ2v) is 5.76. The molecule has 4 nitrogen and oxygen atoms in total. The van der Waals surface area contributed by atoms with E-state index in [1.54, 1.807) is 4.90 Å². The highest BCUT2D eigenvalue weighted by atomic mass is 16.2. The Bertz CT molecular complexity index is 369. The molecule has 3 rings (SSSR count). The molecule has 2 N–H and O–H groups in total. The van der Waals surface area contributed by atoms with Gasteiger partial charge in [0.2, 0.25) is 5.91 Å². The molecule has 1 saturated heterocycles. The van der Waals surface area contributed by atoms with Crippen molar-refractivity contribution in [1.29, 1.82) is 5.26 Å². The van der Waals surface area contributed by atoms with E-state index >= 15 is 0 Å². The van der Waals surface area contributed by atoms with Crippen LogP contribution in [-0.2, 0) is 4.79 Å². The molecule has 0 radical (unpaired) electrons. The van der Waals surface area contributed by atoms with Gasteiger partial charge in [-0.15, -0.1) is 0 Å². The van der Waals surface area contributed by atoms with Crippen LogP contribution in [0.15, 0.2) is 0 Å². The first-order valence-electron chi connectivity index (χ1n) is 6.69. The first kappa shape index (κ1) is 11.0. The normalized spacial score (nSPS) is 37.6. The van der Waals surface area contributed by atoms with Crippen LogP contribution in [0.2, 0.25) is 0 Å². The van der Waals surface area contributed by atoms with Crippen LogP contribution < -0.4 is 5.73 Å². The van der Waals surface area contributed by atoms with Gasteiger partial charge < -0.3 is 10.6 Å². The molecule has 0 aromatic rings. The van der Waals surface area contributed by atoms with Crippen LogP contribution in [-0.4, -0.2) is 28.9 Å². The maximum Gasteiger partial charge on any atom is 0.241 e. The summed E-state index contributed by atoms with van der Waals surface area (Å²) in [5.74, 6) is 0.965. The van der Waals surface area contributed by atoms with Gasteiger partial charge in [0.1, 0.15) is 6.04 Å². The van der Waals surface area contributed by atoms with E-state index in [0.29, 0.717) is 17.9 Å². The average molecular weight is 233 g/mol. The molecular weight excluding hydrogens is 214 g/mol. The maximum absolute atomic E-state index is 12.4. The highest BCUT2D eigenvalue weighted by Crippen LogP contribution is 2.48. The number of carbonyl (C=O) groups is 1. The molecule has 0 spiro atoms. The third-order valence-corrected chi connectivity index (χ3v) is 4.70. The molecule has 1 aliphatic heterocycles. The average Bonchev–Trinajstić information content (AvgIpc) is 2.83. The fourth-order valence-corrected chi connectivity index (χ4v) is 3.58. The van der Waals surface area contributed by atoms with E-state index in [4.69, 9.17) is 11.0 Å². The number of nitrogens with two attached hydrogens (primary N) is 1. The Balaban J connectivity index is 1.70. The second kappa shape index (κ2) is 3.99. The lowest BCUT2D eigenvalue weighted by atomic mass is 9.97. The summed E-state index contributed by atoms with van der Waals surface area (Å²) in [6, 6.07) is 2.01. The quantitative estimate of drug-likeness (QED) is 0.774. The van der Waals surface area contributed by atoms with Crippen LogP contribution in [0.5, 0.6) is 0 Å². The van der Waals surface area contributed by atoms with Gasteiger partial charge in [-0.1, -0.05) is 12.8 Å². The molecule has 3 aliphatic rings. The van der Waals surface area contributed by atoms with Gasteiger partial charge in [-0.05, 0) is 37.5 Å². The van der Waals surface area contributed by atoms with E-state index in [1.165, 1.54) is 12.8 Å². The first-order valence-corrected chi connectivity index (χ1v) is 6.69. The number of hydrogen-bond acceptors (Lipinski definition) is 3. The monoisotopic (exact) mass is 233 g/mol.